The topological polar surface area (TPSA) is 20.3 Å². The molecule has 5 heteroatoms. The van der Waals surface area contributed by atoms with Gasteiger partial charge in [-0.1, -0.05) is 23.7 Å². The van der Waals surface area contributed by atoms with E-state index in [-0.39, 0.29) is 11.8 Å². The molecule has 1 amide bonds. The summed E-state index contributed by atoms with van der Waals surface area (Å²) < 4.78 is 0. The average molecular weight is 293 g/mol. The summed E-state index contributed by atoms with van der Waals surface area (Å²) in [6.45, 7) is 1.19. The van der Waals surface area contributed by atoms with Gasteiger partial charge in [0.05, 0.1) is 0 Å². The minimum Gasteiger partial charge on any atom is -0.337 e. The Morgan fingerprint density at radius 2 is 1.94 bits per heavy atom. The predicted molar refractivity (Wildman–Crippen MR) is 70.7 cm³/mol. The third-order valence-electron chi connectivity index (χ3n) is 2.90. The molecule has 0 N–H and O–H groups in total. The van der Waals surface area contributed by atoms with Crippen LogP contribution in [0.2, 0.25) is 5.02 Å². The number of likely N-dealkylation sites (tertiary alicyclic amines) is 1. The second-order valence-electron chi connectivity index (χ2n) is 4.16. The normalized spacial score (nSPS) is 24.4. The van der Waals surface area contributed by atoms with Gasteiger partial charge in [-0.3, -0.25) is 4.79 Å². The molecule has 1 aliphatic heterocycles. The van der Waals surface area contributed by atoms with Crippen LogP contribution in [0.1, 0.15) is 5.56 Å². The van der Waals surface area contributed by atoms with Crippen molar-refractivity contribution in [3.63, 3.8) is 0 Å². The molecule has 1 aliphatic rings. The molecule has 0 spiro atoms. The minimum absolute atomic E-state index is 0.0349. The first-order valence-electron chi connectivity index (χ1n) is 5.35. The molecule has 0 bridgehead atoms. The Balaban J connectivity index is 2.05. The first-order valence-corrected chi connectivity index (χ1v) is 6.70. The second kappa shape index (κ2) is 5.47. The van der Waals surface area contributed by atoms with Gasteiger partial charge < -0.3 is 4.90 Å². The van der Waals surface area contributed by atoms with E-state index >= 15 is 0 Å². The molecular formula is C12H12Cl3NO. The van der Waals surface area contributed by atoms with Crippen LogP contribution in [0.3, 0.4) is 0 Å². The van der Waals surface area contributed by atoms with E-state index in [1.807, 2.05) is 24.3 Å². The molecule has 1 aromatic rings. The lowest BCUT2D eigenvalue weighted by Gasteiger charge is -2.16. The highest BCUT2D eigenvalue weighted by Gasteiger charge is 2.38. The fourth-order valence-electron chi connectivity index (χ4n) is 1.92. The van der Waals surface area contributed by atoms with Crippen molar-refractivity contribution in [1.82, 2.24) is 4.90 Å². The fraction of sp³-hybridized carbons (Fsp3) is 0.417. The number of amides is 1. The highest BCUT2D eigenvalue weighted by atomic mass is 35.5. The van der Waals surface area contributed by atoms with Crippen LogP contribution in [0, 0.1) is 5.92 Å². The SMILES string of the molecule is O=C1C(Cl)C(CCl)CN1Cc1ccc(Cl)cc1. The van der Waals surface area contributed by atoms with E-state index in [1.165, 1.54) is 0 Å². The Morgan fingerprint density at radius 3 is 2.47 bits per heavy atom. The van der Waals surface area contributed by atoms with E-state index in [0.717, 1.165) is 5.56 Å². The van der Waals surface area contributed by atoms with Crippen molar-refractivity contribution in [2.45, 2.75) is 11.9 Å². The smallest absolute Gasteiger partial charge is 0.241 e. The Kier molecular flexibility index (Phi) is 4.18. The van der Waals surface area contributed by atoms with Gasteiger partial charge in [-0.15, -0.1) is 23.2 Å². The molecule has 2 atom stereocenters. The Labute approximate surface area is 115 Å². The predicted octanol–water partition coefficient (Wildman–Crippen LogP) is 3.14. The largest absolute Gasteiger partial charge is 0.337 e. The van der Waals surface area contributed by atoms with Crippen molar-refractivity contribution in [2.75, 3.05) is 12.4 Å². The lowest BCUT2D eigenvalue weighted by Crippen LogP contribution is -2.27. The van der Waals surface area contributed by atoms with Crippen molar-refractivity contribution in [3.05, 3.63) is 34.9 Å². The summed E-state index contributed by atoms with van der Waals surface area (Å²) in [5.74, 6) is 0.419. The summed E-state index contributed by atoms with van der Waals surface area (Å²) >= 11 is 17.6. The molecule has 1 fully saturated rings. The van der Waals surface area contributed by atoms with Crippen molar-refractivity contribution < 1.29 is 4.79 Å². The van der Waals surface area contributed by atoms with Crippen molar-refractivity contribution >= 4 is 40.7 Å². The van der Waals surface area contributed by atoms with Crippen LogP contribution in [-0.4, -0.2) is 28.6 Å². The van der Waals surface area contributed by atoms with Crippen molar-refractivity contribution in [1.29, 1.82) is 0 Å². The van der Waals surface area contributed by atoms with Gasteiger partial charge in [-0.05, 0) is 17.7 Å². The van der Waals surface area contributed by atoms with E-state index in [1.54, 1.807) is 4.90 Å². The van der Waals surface area contributed by atoms with Gasteiger partial charge in [-0.2, -0.15) is 0 Å². The lowest BCUT2D eigenvalue weighted by molar-refractivity contribution is -0.127. The fourth-order valence-corrected chi connectivity index (χ4v) is 2.72. The van der Waals surface area contributed by atoms with E-state index in [0.29, 0.717) is 24.0 Å². The molecular weight excluding hydrogens is 280 g/mol. The van der Waals surface area contributed by atoms with Gasteiger partial charge in [-0.25, -0.2) is 0 Å². The maximum absolute atomic E-state index is 11.9. The van der Waals surface area contributed by atoms with Crippen LogP contribution in [0.4, 0.5) is 0 Å². The van der Waals surface area contributed by atoms with Crippen LogP contribution in [0.15, 0.2) is 24.3 Å². The number of hydrogen-bond donors (Lipinski definition) is 0. The monoisotopic (exact) mass is 291 g/mol. The number of halogens is 3. The van der Waals surface area contributed by atoms with Gasteiger partial charge in [0.2, 0.25) is 5.91 Å². The molecule has 0 aromatic heterocycles. The highest BCUT2D eigenvalue weighted by Crippen LogP contribution is 2.26. The maximum atomic E-state index is 11.9. The number of rotatable bonds is 3. The number of alkyl halides is 2. The molecule has 92 valence electrons. The van der Waals surface area contributed by atoms with E-state index < -0.39 is 5.38 Å². The lowest BCUT2D eigenvalue weighted by atomic mass is 10.1. The number of carbonyl (C=O) groups excluding carboxylic acids is 1. The van der Waals surface area contributed by atoms with Gasteiger partial charge in [0, 0.05) is 29.9 Å². The third-order valence-corrected chi connectivity index (χ3v) is 4.09. The van der Waals surface area contributed by atoms with Gasteiger partial charge in [0.25, 0.3) is 0 Å². The zero-order valence-corrected chi connectivity index (χ0v) is 11.3. The molecule has 1 heterocycles. The number of benzene rings is 1. The molecule has 2 unspecified atom stereocenters. The summed E-state index contributed by atoms with van der Waals surface area (Å²) in [6.07, 6.45) is 0. The Morgan fingerprint density at radius 1 is 1.29 bits per heavy atom. The molecule has 17 heavy (non-hydrogen) atoms. The van der Waals surface area contributed by atoms with Crippen LogP contribution < -0.4 is 0 Å². The molecule has 2 rings (SSSR count). The van der Waals surface area contributed by atoms with Gasteiger partial charge >= 0.3 is 0 Å². The van der Waals surface area contributed by atoms with Crippen molar-refractivity contribution in [3.8, 4) is 0 Å². The van der Waals surface area contributed by atoms with E-state index in [4.69, 9.17) is 34.8 Å². The quantitative estimate of drug-likeness (QED) is 0.784. The van der Waals surface area contributed by atoms with Crippen LogP contribution in [-0.2, 0) is 11.3 Å². The highest BCUT2D eigenvalue weighted by molar-refractivity contribution is 6.32. The standard InChI is InChI=1S/C12H12Cl3NO/c13-5-9-7-16(12(17)11(9)15)6-8-1-3-10(14)4-2-8/h1-4,9,11H,5-7H2. The molecule has 2 nitrogen and oxygen atoms in total. The van der Waals surface area contributed by atoms with Gasteiger partial charge in [0.15, 0.2) is 0 Å². The molecule has 0 aliphatic carbocycles. The molecule has 1 aromatic carbocycles. The summed E-state index contributed by atoms with van der Waals surface area (Å²) in [5, 5.41) is 0.204. The summed E-state index contributed by atoms with van der Waals surface area (Å²) in [6, 6.07) is 7.45. The first-order chi connectivity index (χ1) is 8.11. The zero-order valence-electron chi connectivity index (χ0n) is 9.07. The number of nitrogens with zero attached hydrogens (tertiary/aromatic N) is 1. The molecule has 0 saturated carbocycles. The van der Waals surface area contributed by atoms with Crippen molar-refractivity contribution in [2.24, 2.45) is 5.92 Å². The number of hydrogen-bond acceptors (Lipinski definition) is 1. The minimum atomic E-state index is -0.486. The van der Waals surface area contributed by atoms with E-state index in [9.17, 15) is 4.79 Å². The Bertz CT molecular complexity index is 407. The second-order valence-corrected chi connectivity index (χ2v) is 5.38. The summed E-state index contributed by atoms with van der Waals surface area (Å²) in [7, 11) is 0. The Hall–Kier alpha value is -0.440. The van der Waals surface area contributed by atoms with Gasteiger partial charge in [0.1, 0.15) is 5.38 Å². The number of carbonyl (C=O) groups is 1. The summed E-state index contributed by atoms with van der Waals surface area (Å²) in [5.41, 5.74) is 1.04. The first kappa shape index (κ1) is 13.0. The van der Waals surface area contributed by atoms with Crippen LogP contribution >= 0.6 is 34.8 Å². The van der Waals surface area contributed by atoms with Crippen LogP contribution in [0.25, 0.3) is 0 Å². The third kappa shape index (κ3) is 2.87. The van der Waals surface area contributed by atoms with E-state index in [2.05, 4.69) is 0 Å². The zero-order chi connectivity index (χ0) is 12.4. The molecule has 1 saturated heterocycles. The molecule has 0 radical (unpaired) electrons. The summed E-state index contributed by atoms with van der Waals surface area (Å²) in [4.78, 5) is 13.6. The van der Waals surface area contributed by atoms with Crippen LogP contribution in [0.5, 0.6) is 0 Å². The maximum Gasteiger partial charge on any atom is 0.241 e. The average Bonchev–Trinajstić information content (AvgIpc) is 2.60.